The molecule has 2 aliphatic carbocycles. The van der Waals surface area contributed by atoms with Crippen molar-refractivity contribution in [2.45, 2.75) is 62.9 Å². The van der Waals surface area contributed by atoms with Gasteiger partial charge in [0.05, 0.1) is 0 Å². The molecule has 1 amide bonds. The zero-order valence-corrected chi connectivity index (χ0v) is 20.0. The number of amides is 1. The van der Waals surface area contributed by atoms with Crippen LogP contribution in [0.15, 0.2) is 54.7 Å². The summed E-state index contributed by atoms with van der Waals surface area (Å²) in [6, 6.07) is 16.4. The highest BCUT2D eigenvalue weighted by molar-refractivity contribution is 5.93. The molecule has 3 heterocycles. The molecule has 0 bridgehead atoms. The Bertz CT molecular complexity index is 1380. The Balaban J connectivity index is 1.03. The van der Waals surface area contributed by atoms with Crippen LogP contribution in [0.3, 0.4) is 0 Å². The van der Waals surface area contributed by atoms with Crippen molar-refractivity contribution < 1.29 is 19.1 Å². The van der Waals surface area contributed by atoms with Gasteiger partial charge in [-0.2, -0.15) is 0 Å². The van der Waals surface area contributed by atoms with Gasteiger partial charge in [0.15, 0.2) is 0 Å². The number of carbonyl (C=O) groups excluding carboxylic acids is 2. The number of fused-ring (bicyclic) bond motifs is 5. The summed E-state index contributed by atoms with van der Waals surface area (Å²) < 4.78 is 12.4. The molecule has 1 saturated carbocycles. The molecule has 182 valence electrons. The van der Waals surface area contributed by atoms with Crippen LogP contribution in [0.5, 0.6) is 17.2 Å². The Morgan fingerprint density at radius 1 is 1.06 bits per heavy atom. The van der Waals surface area contributed by atoms with Crippen molar-refractivity contribution in [2.24, 2.45) is 5.92 Å². The lowest BCUT2D eigenvalue weighted by Gasteiger charge is -2.25. The van der Waals surface area contributed by atoms with Crippen molar-refractivity contribution in [1.82, 2.24) is 4.98 Å². The van der Waals surface area contributed by atoms with E-state index in [1.165, 1.54) is 11.1 Å². The predicted molar refractivity (Wildman–Crippen MR) is 135 cm³/mol. The monoisotopic (exact) mass is 480 g/mol. The first-order chi connectivity index (χ1) is 17.6. The van der Waals surface area contributed by atoms with Crippen molar-refractivity contribution in [1.29, 1.82) is 0 Å². The molecule has 2 aliphatic heterocycles. The Labute approximate surface area is 210 Å². The lowest BCUT2D eigenvalue weighted by atomic mass is 9.80. The van der Waals surface area contributed by atoms with Gasteiger partial charge < -0.3 is 14.8 Å². The van der Waals surface area contributed by atoms with Crippen LogP contribution < -0.4 is 14.8 Å². The standard InChI is InChI=1S/C30H28N2O4/c33-19(14-18-6-3-5-17-4-1-2-7-21(17)18)15-24-28-23-16-20(8-10-25(23)36-29(24)28)35-26-12-13-31-30-22(26)9-11-27(34)32-30/h1-2,4,7-8,10,12-13,16,18,24,28-29H,3,5-6,9,11,14-15H2,(H,31,32,34)/t18-,24-,28-,29+/m0/s1. The maximum absolute atomic E-state index is 13.1. The van der Waals surface area contributed by atoms with Crippen molar-refractivity contribution in [2.75, 3.05) is 5.32 Å². The lowest BCUT2D eigenvalue weighted by molar-refractivity contribution is -0.120. The number of ketones is 1. The number of nitrogens with zero attached hydrogens (tertiary/aromatic N) is 1. The van der Waals surface area contributed by atoms with Gasteiger partial charge in [-0.15, -0.1) is 0 Å². The summed E-state index contributed by atoms with van der Waals surface area (Å²) in [4.78, 5) is 29.1. The number of ether oxygens (including phenoxy) is 2. The van der Waals surface area contributed by atoms with Gasteiger partial charge in [0.1, 0.15) is 35.0 Å². The third kappa shape index (κ3) is 3.76. The van der Waals surface area contributed by atoms with Gasteiger partial charge in [-0.25, -0.2) is 4.98 Å². The molecule has 2 aromatic carbocycles. The van der Waals surface area contributed by atoms with Gasteiger partial charge in [-0.1, -0.05) is 24.3 Å². The first-order valence-corrected chi connectivity index (χ1v) is 13.0. The normalized spacial score (nSPS) is 24.9. The van der Waals surface area contributed by atoms with Crippen molar-refractivity contribution in [3.63, 3.8) is 0 Å². The molecule has 1 fully saturated rings. The first-order valence-electron chi connectivity index (χ1n) is 13.0. The fourth-order valence-corrected chi connectivity index (χ4v) is 6.43. The zero-order chi connectivity index (χ0) is 24.2. The van der Waals surface area contributed by atoms with Gasteiger partial charge in [-0.3, -0.25) is 9.59 Å². The topological polar surface area (TPSA) is 77.5 Å². The molecule has 0 unspecified atom stereocenters. The highest BCUT2D eigenvalue weighted by Gasteiger charge is 2.59. The van der Waals surface area contributed by atoms with E-state index >= 15 is 0 Å². The van der Waals surface area contributed by atoms with Gasteiger partial charge in [0.25, 0.3) is 0 Å². The summed E-state index contributed by atoms with van der Waals surface area (Å²) in [5.74, 6) is 4.12. The fraction of sp³-hybridized carbons (Fsp3) is 0.367. The Hall–Kier alpha value is -3.67. The number of Topliss-reactive ketones (excluding diaryl/α,β-unsaturated/α-hetero) is 1. The summed E-state index contributed by atoms with van der Waals surface area (Å²) >= 11 is 0. The number of rotatable bonds is 6. The van der Waals surface area contributed by atoms with Crippen molar-refractivity contribution in [3.05, 3.63) is 77.0 Å². The number of aryl methyl sites for hydroxylation is 1. The number of carbonyl (C=O) groups is 2. The van der Waals surface area contributed by atoms with E-state index in [9.17, 15) is 9.59 Å². The quantitative estimate of drug-likeness (QED) is 0.490. The summed E-state index contributed by atoms with van der Waals surface area (Å²) in [6.07, 6.45) is 7.39. The van der Waals surface area contributed by atoms with E-state index in [2.05, 4.69) is 40.6 Å². The minimum atomic E-state index is -0.0186. The number of pyridine rings is 1. The van der Waals surface area contributed by atoms with Crippen molar-refractivity contribution in [3.8, 4) is 17.2 Å². The van der Waals surface area contributed by atoms with Crippen LogP contribution in [0.4, 0.5) is 5.82 Å². The Morgan fingerprint density at radius 2 is 1.97 bits per heavy atom. The molecule has 36 heavy (non-hydrogen) atoms. The average Bonchev–Trinajstić information content (AvgIpc) is 3.40. The van der Waals surface area contributed by atoms with Crippen LogP contribution in [0.1, 0.15) is 66.2 Å². The minimum Gasteiger partial charge on any atom is -0.489 e. The maximum atomic E-state index is 13.1. The third-order valence-corrected chi connectivity index (χ3v) is 8.23. The molecule has 3 aromatic rings. The van der Waals surface area contributed by atoms with E-state index in [4.69, 9.17) is 9.47 Å². The van der Waals surface area contributed by atoms with Crippen LogP contribution in [0.25, 0.3) is 0 Å². The van der Waals surface area contributed by atoms with Crippen LogP contribution in [-0.2, 0) is 22.4 Å². The zero-order valence-electron chi connectivity index (χ0n) is 20.0. The third-order valence-electron chi connectivity index (χ3n) is 8.23. The molecule has 1 N–H and O–H groups in total. The van der Waals surface area contributed by atoms with Gasteiger partial charge >= 0.3 is 0 Å². The van der Waals surface area contributed by atoms with E-state index in [-0.39, 0.29) is 23.8 Å². The smallest absolute Gasteiger partial charge is 0.225 e. The number of nitrogens with one attached hydrogen (secondary N) is 1. The summed E-state index contributed by atoms with van der Waals surface area (Å²) in [6.45, 7) is 0. The number of aromatic nitrogens is 1. The van der Waals surface area contributed by atoms with Crippen LogP contribution in [0.2, 0.25) is 0 Å². The molecule has 0 saturated heterocycles. The SMILES string of the molecule is O=C(C[C@@H]1CCCc2ccccc21)C[C@@H]1[C@H]2Oc3ccc(Oc4ccnc5c4CCC(=O)N5)cc3[C@@H]12. The van der Waals surface area contributed by atoms with Gasteiger partial charge in [0.2, 0.25) is 5.91 Å². The predicted octanol–water partition coefficient (Wildman–Crippen LogP) is 5.70. The lowest BCUT2D eigenvalue weighted by Crippen LogP contribution is -2.20. The van der Waals surface area contributed by atoms with Crippen molar-refractivity contribution >= 4 is 17.5 Å². The number of hydrogen-bond acceptors (Lipinski definition) is 5. The van der Waals surface area contributed by atoms with E-state index in [0.29, 0.717) is 49.0 Å². The highest BCUT2D eigenvalue weighted by atomic mass is 16.5. The number of anilines is 1. The average molecular weight is 481 g/mol. The second kappa shape index (κ2) is 8.47. The Kier molecular flexibility index (Phi) is 5.08. The molecule has 4 atom stereocenters. The molecule has 7 rings (SSSR count). The van der Waals surface area contributed by atoms with E-state index in [0.717, 1.165) is 41.9 Å². The fourth-order valence-electron chi connectivity index (χ4n) is 6.43. The Morgan fingerprint density at radius 3 is 2.92 bits per heavy atom. The van der Waals surface area contributed by atoms with E-state index in [1.54, 1.807) is 6.20 Å². The molecule has 6 heteroatoms. The molecule has 6 nitrogen and oxygen atoms in total. The molecule has 0 radical (unpaired) electrons. The minimum absolute atomic E-state index is 0.0186. The first kappa shape index (κ1) is 21.6. The molecule has 0 spiro atoms. The van der Waals surface area contributed by atoms with Gasteiger partial charge in [0, 0.05) is 48.4 Å². The van der Waals surface area contributed by atoms with Crippen LogP contribution >= 0.6 is 0 Å². The van der Waals surface area contributed by atoms with Crippen LogP contribution in [-0.4, -0.2) is 22.8 Å². The summed E-state index contributed by atoms with van der Waals surface area (Å²) in [5, 5.41) is 2.82. The van der Waals surface area contributed by atoms with Gasteiger partial charge in [-0.05, 0) is 67.0 Å². The second-order valence-corrected chi connectivity index (χ2v) is 10.5. The molecular formula is C30H28N2O4. The highest BCUT2D eigenvalue weighted by Crippen LogP contribution is 2.60. The summed E-state index contributed by atoms with van der Waals surface area (Å²) in [7, 11) is 0. The van der Waals surface area contributed by atoms with E-state index in [1.807, 2.05) is 18.2 Å². The van der Waals surface area contributed by atoms with Crippen LogP contribution in [0, 0.1) is 5.92 Å². The molecular weight excluding hydrogens is 452 g/mol. The summed E-state index contributed by atoms with van der Waals surface area (Å²) in [5.41, 5.74) is 4.84. The second-order valence-electron chi connectivity index (χ2n) is 10.5. The number of hydrogen-bond donors (Lipinski definition) is 1. The van der Waals surface area contributed by atoms with E-state index < -0.39 is 0 Å². The molecule has 1 aromatic heterocycles. The number of benzene rings is 2. The maximum Gasteiger partial charge on any atom is 0.225 e. The molecule has 4 aliphatic rings. The largest absolute Gasteiger partial charge is 0.489 e.